The van der Waals surface area contributed by atoms with Crippen molar-refractivity contribution in [2.24, 2.45) is 0 Å². The maximum Gasteiger partial charge on any atom is 0.394 e. The molecular weight excluding hydrogens is 298 g/mol. The summed E-state index contributed by atoms with van der Waals surface area (Å²) in [5, 5.41) is 0.838. The van der Waals surface area contributed by atoms with Crippen LogP contribution in [0.25, 0.3) is 22.1 Å². The molecule has 2 heterocycles. The molecule has 2 aromatic heterocycles. The molecule has 3 aromatic rings. The molecule has 1 aliphatic carbocycles. The summed E-state index contributed by atoms with van der Waals surface area (Å²) in [6, 6.07) is 1.69. The smallest absolute Gasteiger partial charge is 0.394 e. The summed E-state index contributed by atoms with van der Waals surface area (Å²) in [4.78, 5) is 16.7. The Hall–Kier alpha value is -2.50. The highest BCUT2D eigenvalue weighted by atomic mass is 16.6. The Morgan fingerprint density at radius 1 is 1.22 bits per heavy atom. The van der Waals surface area contributed by atoms with Crippen LogP contribution in [0.1, 0.15) is 30.9 Å². The minimum Gasteiger partial charge on any atom is -0.493 e. The van der Waals surface area contributed by atoms with Crippen LogP contribution < -0.4 is 15.1 Å². The van der Waals surface area contributed by atoms with Gasteiger partial charge in [-0.2, -0.15) is 4.98 Å². The molecule has 0 aliphatic heterocycles. The first-order valence-electron chi connectivity index (χ1n) is 7.81. The minimum absolute atomic E-state index is 0.198. The van der Waals surface area contributed by atoms with Gasteiger partial charge in [0.1, 0.15) is 11.1 Å². The van der Waals surface area contributed by atoms with Gasteiger partial charge in [0.15, 0.2) is 5.75 Å². The van der Waals surface area contributed by atoms with Gasteiger partial charge >= 0.3 is 11.7 Å². The zero-order valence-corrected chi connectivity index (χ0v) is 13.1. The number of hydrogen-bond donors (Lipinski definition) is 0. The number of rotatable bonds is 3. The highest BCUT2D eigenvalue weighted by molar-refractivity contribution is 6.06. The molecule has 1 aromatic carbocycles. The Labute approximate surface area is 132 Å². The van der Waals surface area contributed by atoms with E-state index in [2.05, 4.69) is 4.98 Å². The molecule has 0 saturated carbocycles. The van der Waals surface area contributed by atoms with Crippen molar-refractivity contribution in [1.29, 1.82) is 0 Å². The molecule has 0 unspecified atom stereocenters. The van der Waals surface area contributed by atoms with E-state index in [0.29, 0.717) is 29.0 Å². The fourth-order valence-electron chi connectivity index (χ4n) is 3.29. The molecule has 0 saturated heterocycles. The molecule has 4 rings (SSSR count). The summed E-state index contributed by atoms with van der Waals surface area (Å²) in [6.45, 7) is 2.32. The van der Waals surface area contributed by atoms with Crippen molar-refractivity contribution in [2.45, 2.75) is 32.6 Å². The SMILES string of the molecule is CCOc1nc2c(o1)c(OC)cc1oc(=O)c3c(c12)CCCC3. The van der Waals surface area contributed by atoms with Crippen LogP contribution in [0, 0.1) is 0 Å². The molecule has 120 valence electrons. The topological polar surface area (TPSA) is 74.7 Å². The molecule has 0 N–H and O–H groups in total. The Kier molecular flexibility index (Phi) is 3.25. The van der Waals surface area contributed by atoms with Gasteiger partial charge in [0.05, 0.1) is 19.1 Å². The second-order valence-electron chi connectivity index (χ2n) is 5.60. The second kappa shape index (κ2) is 5.30. The predicted molar refractivity (Wildman–Crippen MR) is 84.4 cm³/mol. The Bertz CT molecular complexity index is 953. The molecular formula is C17H17NO5. The van der Waals surface area contributed by atoms with Crippen LogP contribution >= 0.6 is 0 Å². The fraction of sp³-hybridized carbons (Fsp3) is 0.412. The van der Waals surface area contributed by atoms with Crippen LogP contribution in [0.5, 0.6) is 11.8 Å². The zero-order chi connectivity index (χ0) is 16.0. The van der Waals surface area contributed by atoms with Crippen molar-refractivity contribution < 1.29 is 18.3 Å². The number of aromatic nitrogens is 1. The fourth-order valence-corrected chi connectivity index (χ4v) is 3.29. The van der Waals surface area contributed by atoms with Gasteiger partial charge in [-0.3, -0.25) is 0 Å². The van der Waals surface area contributed by atoms with E-state index in [1.54, 1.807) is 13.2 Å². The summed E-state index contributed by atoms with van der Waals surface area (Å²) >= 11 is 0. The van der Waals surface area contributed by atoms with E-state index in [-0.39, 0.29) is 11.7 Å². The van der Waals surface area contributed by atoms with Gasteiger partial charge in [-0.1, -0.05) is 0 Å². The molecule has 0 bridgehead atoms. The largest absolute Gasteiger partial charge is 0.493 e. The van der Waals surface area contributed by atoms with Crippen molar-refractivity contribution in [1.82, 2.24) is 4.98 Å². The van der Waals surface area contributed by atoms with Crippen molar-refractivity contribution in [3.63, 3.8) is 0 Å². The normalized spacial score (nSPS) is 14.2. The summed E-state index contributed by atoms with van der Waals surface area (Å²) in [7, 11) is 1.54. The number of nitrogens with zero attached hydrogens (tertiary/aromatic N) is 1. The molecule has 23 heavy (non-hydrogen) atoms. The van der Waals surface area contributed by atoms with Gasteiger partial charge in [-0.15, -0.1) is 0 Å². The average Bonchev–Trinajstić information content (AvgIpc) is 2.98. The van der Waals surface area contributed by atoms with Crippen LogP contribution in [0.4, 0.5) is 0 Å². The predicted octanol–water partition coefficient (Wildman–Crippen LogP) is 3.22. The zero-order valence-electron chi connectivity index (χ0n) is 13.1. The summed E-state index contributed by atoms with van der Waals surface area (Å²) in [6.07, 6.45) is 3.84. The number of hydrogen-bond acceptors (Lipinski definition) is 6. The average molecular weight is 315 g/mol. The van der Waals surface area contributed by atoms with E-state index >= 15 is 0 Å². The van der Waals surface area contributed by atoms with E-state index in [0.717, 1.165) is 42.2 Å². The van der Waals surface area contributed by atoms with Gasteiger partial charge in [-0.25, -0.2) is 4.79 Å². The lowest BCUT2D eigenvalue weighted by Crippen LogP contribution is -2.16. The quantitative estimate of drug-likeness (QED) is 0.691. The van der Waals surface area contributed by atoms with Crippen molar-refractivity contribution in [2.75, 3.05) is 13.7 Å². The van der Waals surface area contributed by atoms with Crippen molar-refractivity contribution in [3.05, 3.63) is 27.6 Å². The minimum atomic E-state index is -0.262. The van der Waals surface area contributed by atoms with Crippen molar-refractivity contribution in [3.8, 4) is 11.8 Å². The first-order chi connectivity index (χ1) is 11.2. The van der Waals surface area contributed by atoms with Crippen LogP contribution in [-0.4, -0.2) is 18.7 Å². The van der Waals surface area contributed by atoms with Crippen LogP contribution in [0.15, 0.2) is 19.7 Å². The third-order valence-corrected chi connectivity index (χ3v) is 4.28. The number of oxazole rings is 1. The second-order valence-corrected chi connectivity index (χ2v) is 5.60. The molecule has 6 nitrogen and oxygen atoms in total. The molecule has 0 radical (unpaired) electrons. The maximum atomic E-state index is 12.2. The van der Waals surface area contributed by atoms with E-state index in [9.17, 15) is 4.79 Å². The monoisotopic (exact) mass is 315 g/mol. The number of fused-ring (bicyclic) bond motifs is 5. The third-order valence-electron chi connectivity index (χ3n) is 4.28. The molecule has 0 spiro atoms. The highest BCUT2D eigenvalue weighted by Gasteiger charge is 2.24. The summed E-state index contributed by atoms with van der Waals surface area (Å²) in [5.41, 5.74) is 3.15. The first kappa shape index (κ1) is 14.1. The van der Waals surface area contributed by atoms with E-state index in [1.807, 2.05) is 6.92 Å². The number of methoxy groups -OCH3 is 1. The first-order valence-corrected chi connectivity index (χ1v) is 7.81. The van der Waals surface area contributed by atoms with Crippen LogP contribution in [0.2, 0.25) is 0 Å². The van der Waals surface area contributed by atoms with E-state index < -0.39 is 0 Å². The van der Waals surface area contributed by atoms with Crippen LogP contribution in [-0.2, 0) is 12.8 Å². The molecule has 6 heteroatoms. The lowest BCUT2D eigenvalue weighted by atomic mass is 9.90. The standard InChI is InChI=1S/C17H17NO5/c1-3-21-17-18-14-13-9-6-4-5-7-10(9)16(19)22-11(13)8-12(20-2)15(14)23-17/h8H,3-7H2,1-2H3. The van der Waals surface area contributed by atoms with Gasteiger partial charge in [0.25, 0.3) is 0 Å². The molecule has 0 fully saturated rings. The van der Waals surface area contributed by atoms with E-state index in [4.69, 9.17) is 18.3 Å². The number of benzene rings is 1. The lowest BCUT2D eigenvalue weighted by Gasteiger charge is -2.16. The Morgan fingerprint density at radius 2 is 2.00 bits per heavy atom. The maximum absolute atomic E-state index is 12.2. The highest BCUT2D eigenvalue weighted by Crippen LogP contribution is 2.38. The van der Waals surface area contributed by atoms with Crippen LogP contribution in [0.3, 0.4) is 0 Å². The van der Waals surface area contributed by atoms with Crippen molar-refractivity contribution >= 4 is 22.1 Å². The third kappa shape index (κ3) is 2.09. The number of ether oxygens (including phenoxy) is 2. The molecule has 1 aliphatic rings. The van der Waals surface area contributed by atoms with Gasteiger partial charge in [0, 0.05) is 11.6 Å². The van der Waals surface area contributed by atoms with Gasteiger partial charge in [0.2, 0.25) is 5.58 Å². The summed E-state index contributed by atoms with van der Waals surface area (Å²) in [5.74, 6) is 0.477. The summed E-state index contributed by atoms with van der Waals surface area (Å²) < 4.78 is 21.9. The van der Waals surface area contributed by atoms with Gasteiger partial charge < -0.3 is 18.3 Å². The Morgan fingerprint density at radius 3 is 2.74 bits per heavy atom. The number of aryl methyl sites for hydroxylation is 1. The molecule has 0 amide bonds. The lowest BCUT2D eigenvalue weighted by molar-refractivity contribution is 0.250. The van der Waals surface area contributed by atoms with Gasteiger partial charge in [-0.05, 0) is 38.2 Å². The Balaban J connectivity index is 2.14. The van der Waals surface area contributed by atoms with E-state index in [1.165, 1.54) is 0 Å². The molecule has 0 atom stereocenters.